The Labute approximate surface area is 164 Å². The molecule has 0 radical (unpaired) electrons. The fourth-order valence-electron chi connectivity index (χ4n) is 2.73. The van der Waals surface area contributed by atoms with Gasteiger partial charge in [-0.2, -0.15) is 4.98 Å². The molecule has 0 bridgehead atoms. The van der Waals surface area contributed by atoms with Crippen LogP contribution in [0, 0.1) is 12.7 Å². The summed E-state index contributed by atoms with van der Waals surface area (Å²) in [6.07, 6.45) is 4.45. The number of pyridine rings is 1. The molecule has 3 aromatic rings. The molecule has 0 unspecified atom stereocenters. The Bertz CT molecular complexity index is 914. The highest BCUT2D eigenvalue weighted by Gasteiger charge is 2.10. The smallest absolute Gasteiger partial charge is 0.225 e. The Morgan fingerprint density at radius 1 is 1.11 bits per heavy atom. The van der Waals surface area contributed by atoms with Gasteiger partial charge in [0.1, 0.15) is 11.6 Å². The summed E-state index contributed by atoms with van der Waals surface area (Å²) in [5, 5.41) is 6.49. The molecule has 7 heteroatoms. The Balaban J connectivity index is 1.87. The van der Waals surface area contributed by atoms with Crippen LogP contribution >= 0.6 is 0 Å². The van der Waals surface area contributed by atoms with Gasteiger partial charge in [-0.05, 0) is 58.3 Å². The van der Waals surface area contributed by atoms with Crippen molar-refractivity contribution in [2.75, 3.05) is 37.8 Å². The predicted octanol–water partition coefficient (Wildman–Crippen LogP) is 4.09. The predicted molar refractivity (Wildman–Crippen MR) is 111 cm³/mol. The van der Waals surface area contributed by atoms with Crippen molar-refractivity contribution in [3.05, 3.63) is 60.2 Å². The summed E-state index contributed by atoms with van der Waals surface area (Å²) in [6, 6.07) is 10.6. The highest BCUT2D eigenvalue weighted by molar-refractivity contribution is 5.68. The lowest BCUT2D eigenvalue weighted by molar-refractivity contribution is 0.405. The lowest BCUT2D eigenvalue weighted by atomic mass is 10.2. The zero-order chi connectivity index (χ0) is 19.9. The first-order valence-electron chi connectivity index (χ1n) is 9.23. The molecular weight excluding hydrogens is 355 g/mol. The molecular formula is C21H25FN6. The third kappa shape index (κ3) is 5.23. The number of hydrogen-bond acceptors (Lipinski definition) is 6. The van der Waals surface area contributed by atoms with Gasteiger partial charge in [-0.1, -0.05) is 6.07 Å². The summed E-state index contributed by atoms with van der Waals surface area (Å²) >= 11 is 0. The van der Waals surface area contributed by atoms with E-state index in [0.29, 0.717) is 23.0 Å². The zero-order valence-electron chi connectivity index (χ0n) is 16.4. The van der Waals surface area contributed by atoms with Crippen LogP contribution in [0.5, 0.6) is 0 Å². The van der Waals surface area contributed by atoms with E-state index in [1.807, 2.05) is 38.4 Å². The molecule has 2 N–H and O–H groups in total. The number of anilines is 3. The van der Waals surface area contributed by atoms with Gasteiger partial charge in [-0.15, -0.1) is 0 Å². The maximum Gasteiger partial charge on any atom is 0.225 e. The highest BCUT2D eigenvalue weighted by Crippen LogP contribution is 2.25. The van der Waals surface area contributed by atoms with Crippen molar-refractivity contribution >= 4 is 17.5 Å². The first-order chi connectivity index (χ1) is 13.5. The second kappa shape index (κ2) is 9.23. The lowest BCUT2D eigenvalue weighted by Gasteiger charge is -2.14. The summed E-state index contributed by atoms with van der Waals surface area (Å²) in [6.45, 7) is 3.47. The molecule has 3 rings (SSSR count). The Morgan fingerprint density at radius 3 is 2.71 bits per heavy atom. The molecule has 6 nitrogen and oxygen atoms in total. The standard InChI is InChI=1S/C21H25FN6/c1-15-17(22)8-4-9-18(15)25-20-13-19(16-7-5-10-23-14-16)26-21(27-20)24-11-6-12-28(2)3/h4-5,7-10,13-14H,6,11-12H2,1-3H3,(H2,24,25,26,27). The summed E-state index contributed by atoms with van der Waals surface area (Å²) in [5.74, 6) is 0.864. The quantitative estimate of drug-likeness (QED) is 0.574. The largest absolute Gasteiger partial charge is 0.354 e. The number of nitrogens with one attached hydrogen (secondary N) is 2. The van der Waals surface area contributed by atoms with Crippen molar-refractivity contribution in [2.24, 2.45) is 0 Å². The molecule has 0 amide bonds. The van der Waals surface area contributed by atoms with E-state index in [2.05, 4.69) is 30.5 Å². The highest BCUT2D eigenvalue weighted by atomic mass is 19.1. The van der Waals surface area contributed by atoms with Crippen molar-refractivity contribution in [1.82, 2.24) is 19.9 Å². The lowest BCUT2D eigenvalue weighted by Crippen LogP contribution is -2.17. The van der Waals surface area contributed by atoms with Crippen molar-refractivity contribution in [3.8, 4) is 11.3 Å². The number of aromatic nitrogens is 3. The van der Waals surface area contributed by atoms with E-state index in [-0.39, 0.29) is 5.82 Å². The molecule has 1 aromatic carbocycles. The Hall–Kier alpha value is -3.06. The zero-order valence-corrected chi connectivity index (χ0v) is 16.4. The van der Waals surface area contributed by atoms with Crippen LogP contribution in [0.4, 0.5) is 21.8 Å². The molecule has 0 atom stereocenters. The first-order valence-corrected chi connectivity index (χ1v) is 9.23. The van der Waals surface area contributed by atoms with E-state index in [1.54, 1.807) is 25.4 Å². The normalized spacial score (nSPS) is 10.9. The van der Waals surface area contributed by atoms with E-state index in [0.717, 1.165) is 30.8 Å². The van der Waals surface area contributed by atoms with Crippen molar-refractivity contribution in [3.63, 3.8) is 0 Å². The molecule has 0 aliphatic heterocycles. The Kier molecular flexibility index (Phi) is 6.49. The minimum atomic E-state index is -0.256. The molecule has 28 heavy (non-hydrogen) atoms. The van der Waals surface area contributed by atoms with E-state index >= 15 is 0 Å². The number of benzene rings is 1. The second-order valence-corrected chi connectivity index (χ2v) is 6.82. The van der Waals surface area contributed by atoms with Crippen LogP contribution < -0.4 is 10.6 Å². The van der Waals surface area contributed by atoms with Crippen molar-refractivity contribution in [1.29, 1.82) is 0 Å². The maximum absolute atomic E-state index is 13.9. The Morgan fingerprint density at radius 2 is 1.96 bits per heavy atom. The van der Waals surface area contributed by atoms with E-state index in [4.69, 9.17) is 0 Å². The van der Waals surface area contributed by atoms with Crippen molar-refractivity contribution < 1.29 is 4.39 Å². The van der Waals surface area contributed by atoms with Crippen LogP contribution in [0.1, 0.15) is 12.0 Å². The number of rotatable bonds is 8. The number of nitrogens with zero attached hydrogens (tertiary/aromatic N) is 4. The van der Waals surface area contributed by atoms with Crippen LogP contribution in [0.15, 0.2) is 48.8 Å². The van der Waals surface area contributed by atoms with Gasteiger partial charge in [-0.3, -0.25) is 4.98 Å². The van der Waals surface area contributed by atoms with Crippen LogP contribution in [-0.2, 0) is 0 Å². The second-order valence-electron chi connectivity index (χ2n) is 6.82. The SMILES string of the molecule is Cc1c(F)cccc1Nc1cc(-c2cccnc2)nc(NCCCN(C)C)n1. The fraction of sp³-hybridized carbons (Fsp3) is 0.286. The summed E-state index contributed by atoms with van der Waals surface area (Å²) in [5.41, 5.74) is 2.86. The van der Waals surface area contributed by atoms with Gasteiger partial charge >= 0.3 is 0 Å². The van der Waals surface area contributed by atoms with E-state index in [9.17, 15) is 4.39 Å². The number of hydrogen-bond donors (Lipinski definition) is 2. The minimum absolute atomic E-state index is 0.256. The topological polar surface area (TPSA) is 66.0 Å². The van der Waals surface area contributed by atoms with Gasteiger partial charge in [0.15, 0.2) is 0 Å². The van der Waals surface area contributed by atoms with Gasteiger partial charge < -0.3 is 15.5 Å². The van der Waals surface area contributed by atoms with Gasteiger partial charge in [0.25, 0.3) is 0 Å². The average molecular weight is 380 g/mol. The molecule has 2 heterocycles. The monoisotopic (exact) mass is 380 g/mol. The van der Waals surface area contributed by atoms with Crippen LogP contribution in [0.25, 0.3) is 11.3 Å². The van der Waals surface area contributed by atoms with Gasteiger partial charge in [-0.25, -0.2) is 9.37 Å². The molecule has 2 aromatic heterocycles. The van der Waals surface area contributed by atoms with Crippen LogP contribution in [0.2, 0.25) is 0 Å². The van der Waals surface area contributed by atoms with Gasteiger partial charge in [0.05, 0.1) is 5.69 Å². The maximum atomic E-state index is 13.9. The summed E-state index contributed by atoms with van der Waals surface area (Å²) < 4.78 is 13.9. The average Bonchev–Trinajstić information content (AvgIpc) is 2.69. The van der Waals surface area contributed by atoms with E-state index in [1.165, 1.54) is 6.07 Å². The summed E-state index contributed by atoms with van der Waals surface area (Å²) in [4.78, 5) is 15.5. The molecule has 0 aliphatic carbocycles. The van der Waals surface area contributed by atoms with Gasteiger partial charge in [0, 0.05) is 41.8 Å². The minimum Gasteiger partial charge on any atom is -0.354 e. The molecule has 146 valence electrons. The van der Waals surface area contributed by atoms with E-state index < -0.39 is 0 Å². The fourth-order valence-corrected chi connectivity index (χ4v) is 2.73. The third-order valence-electron chi connectivity index (χ3n) is 4.28. The first kappa shape index (κ1) is 19.7. The molecule has 0 fully saturated rings. The molecule has 0 spiro atoms. The summed E-state index contributed by atoms with van der Waals surface area (Å²) in [7, 11) is 4.09. The molecule has 0 saturated heterocycles. The molecule has 0 aliphatic rings. The third-order valence-corrected chi connectivity index (χ3v) is 4.28. The number of halogens is 1. The van der Waals surface area contributed by atoms with Gasteiger partial charge in [0.2, 0.25) is 5.95 Å². The van der Waals surface area contributed by atoms with Crippen LogP contribution in [0.3, 0.4) is 0 Å². The molecule has 0 saturated carbocycles. The van der Waals surface area contributed by atoms with Crippen LogP contribution in [-0.4, -0.2) is 47.0 Å². The van der Waals surface area contributed by atoms with Crippen molar-refractivity contribution in [2.45, 2.75) is 13.3 Å².